The minimum Gasteiger partial charge on any atom is -0.507 e. The summed E-state index contributed by atoms with van der Waals surface area (Å²) in [6.45, 7) is 3.08. The molecule has 0 atom stereocenters. The molecular formula is C17H20BrNO5. The highest BCUT2D eigenvalue weighted by molar-refractivity contribution is 9.10. The van der Waals surface area contributed by atoms with Gasteiger partial charge < -0.3 is 19.4 Å². The van der Waals surface area contributed by atoms with Crippen LogP contribution in [0.25, 0.3) is 5.57 Å². The average molecular weight is 398 g/mol. The van der Waals surface area contributed by atoms with Crippen molar-refractivity contribution in [3.63, 3.8) is 0 Å². The zero-order valence-electron chi connectivity index (χ0n) is 13.9. The second kappa shape index (κ2) is 6.38. The third kappa shape index (κ3) is 2.70. The zero-order valence-corrected chi connectivity index (χ0v) is 15.5. The summed E-state index contributed by atoms with van der Waals surface area (Å²) >= 11 is 3.48. The number of hydrogen-bond donors (Lipinski definition) is 1. The van der Waals surface area contributed by atoms with Gasteiger partial charge in [0.05, 0.1) is 14.2 Å². The molecule has 3 rings (SSSR count). The second-order valence-electron chi connectivity index (χ2n) is 6.04. The predicted molar refractivity (Wildman–Crippen MR) is 91.6 cm³/mol. The van der Waals surface area contributed by atoms with Gasteiger partial charge in [0, 0.05) is 36.0 Å². The highest BCUT2D eigenvalue weighted by atomic mass is 79.9. The number of carbonyl (C=O) groups is 1. The maximum absolute atomic E-state index is 12.6. The fourth-order valence-electron chi connectivity index (χ4n) is 3.30. The van der Waals surface area contributed by atoms with E-state index >= 15 is 0 Å². The molecule has 0 amide bonds. The highest BCUT2D eigenvalue weighted by Gasteiger charge is 2.51. The normalized spacial score (nSPS) is 20.6. The molecule has 2 aliphatic rings. The molecule has 1 aromatic carbocycles. The number of hydroxylamine groups is 2. The molecule has 0 saturated carbocycles. The summed E-state index contributed by atoms with van der Waals surface area (Å²) in [5.41, 5.74) is 0.704. The number of piperidine rings is 1. The SMILES string of the molecule is COc1cc(C)cc(Br)c1C1=C(O)C2(CCN(OC)CC2)OC1=O. The monoisotopic (exact) mass is 397 g/mol. The number of benzene rings is 1. The van der Waals surface area contributed by atoms with Gasteiger partial charge in [-0.05, 0) is 40.5 Å². The quantitative estimate of drug-likeness (QED) is 0.790. The molecule has 1 aromatic rings. The van der Waals surface area contributed by atoms with Crippen LogP contribution in [0.4, 0.5) is 0 Å². The third-order valence-corrected chi connectivity index (χ3v) is 5.24. The van der Waals surface area contributed by atoms with E-state index in [9.17, 15) is 9.90 Å². The fourth-order valence-corrected chi connectivity index (χ4v) is 4.06. The molecule has 7 heteroatoms. The summed E-state index contributed by atoms with van der Waals surface area (Å²) in [4.78, 5) is 17.8. The van der Waals surface area contributed by atoms with Crippen LogP contribution in [-0.4, -0.2) is 49.0 Å². The lowest BCUT2D eigenvalue weighted by Crippen LogP contribution is -2.45. The Balaban J connectivity index is 2.07. The van der Waals surface area contributed by atoms with Crippen molar-refractivity contribution < 1.29 is 24.2 Å². The molecule has 6 nitrogen and oxygen atoms in total. The van der Waals surface area contributed by atoms with Crippen LogP contribution in [0.15, 0.2) is 22.4 Å². The van der Waals surface area contributed by atoms with Crippen LogP contribution in [0.2, 0.25) is 0 Å². The van der Waals surface area contributed by atoms with Crippen LogP contribution in [0, 0.1) is 6.92 Å². The minimum atomic E-state index is -0.975. The summed E-state index contributed by atoms with van der Waals surface area (Å²) in [6.07, 6.45) is 0.960. The summed E-state index contributed by atoms with van der Waals surface area (Å²) in [5.74, 6) is -0.0286. The molecule has 2 heterocycles. The molecule has 1 spiro atoms. The number of rotatable bonds is 3. The van der Waals surface area contributed by atoms with E-state index in [0.29, 0.717) is 41.7 Å². The Morgan fingerprint density at radius 3 is 2.54 bits per heavy atom. The van der Waals surface area contributed by atoms with Crippen molar-refractivity contribution in [2.24, 2.45) is 0 Å². The highest BCUT2D eigenvalue weighted by Crippen LogP contribution is 2.46. The molecule has 0 aromatic heterocycles. The number of aliphatic hydroxyl groups excluding tert-OH is 1. The van der Waals surface area contributed by atoms with Gasteiger partial charge in [0.15, 0.2) is 11.4 Å². The number of carbonyl (C=O) groups excluding carboxylic acids is 1. The van der Waals surface area contributed by atoms with Gasteiger partial charge in [-0.3, -0.25) is 0 Å². The molecular weight excluding hydrogens is 378 g/mol. The number of esters is 1. The molecule has 0 radical (unpaired) electrons. The molecule has 1 N–H and O–H groups in total. The minimum absolute atomic E-state index is 0.0221. The van der Waals surface area contributed by atoms with Gasteiger partial charge in [-0.1, -0.05) is 0 Å². The number of ether oxygens (including phenoxy) is 2. The molecule has 130 valence electrons. The Hall–Kier alpha value is -1.57. The lowest BCUT2D eigenvalue weighted by atomic mass is 9.88. The second-order valence-corrected chi connectivity index (χ2v) is 6.90. The van der Waals surface area contributed by atoms with Crippen LogP contribution in [0.5, 0.6) is 5.75 Å². The summed E-state index contributed by atoms with van der Waals surface area (Å²) in [5, 5.41) is 12.6. The Labute approximate surface area is 149 Å². The number of aryl methyl sites for hydroxylation is 1. The van der Waals surface area contributed by atoms with Gasteiger partial charge in [0.2, 0.25) is 0 Å². The van der Waals surface area contributed by atoms with E-state index in [-0.39, 0.29) is 11.3 Å². The molecule has 2 aliphatic heterocycles. The summed E-state index contributed by atoms with van der Waals surface area (Å²) in [7, 11) is 3.14. The smallest absolute Gasteiger partial charge is 0.343 e. The van der Waals surface area contributed by atoms with Crippen molar-refractivity contribution in [2.45, 2.75) is 25.4 Å². The van der Waals surface area contributed by atoms with Gasteiger partial charge in [-0.25, -0.2) is 4.79 Å². The zero-order chi connectivity index (χ0) is 17.5. The Morgan fingerprint density at radius 2 is 1.96 bits per heavy atom. The molecule has 0 aliphatic carbocycles. The van der Waals surface area contributed by atoms with Crippen LogP contribution in [-0.2, 0) is 14.4 Å². The number of methoxy groups -OCH3 is 1. The van der Waals surface area contributed by atoms with Crippen LogP contribution in [0.1, 0.15) is 24.0 Å². The number of nitrogens with zero attached hydrogens (tertiary/aromatic N) is 1. The van der Waals surface area contributed by atoms with E-state index in [1.165, 1.54) is 7.11 Å². The Morgan fingerprint density at radius 1 is 1.29 bits per heavy atom. The Bertz CT molecular complexity index is 707. The predicted octanol–water partition coefficient (Wildman–Crippen LogP) is 2.99. The van der Waals surface area contributed by atoms with Crippen LogP contribution >= 0.6 is 15.9 Å². The first-order valence-corrected chi connectivity index (χ1v) is 8.52. The van der Waals surface area contributed by atoms with Gasteiger partial charge in [-0.15, -0.1) is 0 Å². The first-order chi connectivity index (χ1) is 11.4. The molecule has 24 heavy (non-hydrogen) atoms. The van der Waals surface area contributed by atoms with Gasteiger partial charge in [0.1, 0.15) is 11.3 Å². The molecule has 1 saturated heterocycles. The Kier molecular flexibility index (Phi) is 4.59. The van der Waals surface area contributed by atoms with Crippen LogP contribution in [0.3, 0.4) is 0 Å². The van der Waals surface area contributed by atoms with Crippen molar-refractivity contribution in [1.82, 2.24) is 5.06 Å². The van der Waals surface area contributed by atoms with E-state index in [4.69, 9.17) is 14.3 Å². The summed E-state index contributed by atoms with van der Waals surface area (Å²) in [6, 6.07) is 3.70. The lowest BCUT2D eigenvalue weighted by molar-refractivity contribution is -0.182. The third-order valence-electron chi connectivity index (χ3n) is 4.62. The van der Waals surface area contributed by atoms with E-state index < -0.39 is 11.6 Å². The largest absolute Gasteiger partial charge is 0.507 e. The van der Waals surface area contributed by atoms with E-state index in [1.807, 2.05) is 19.1 Å². The van der Waals surface area contributed by atoms with Crippen LogP contribution < -0.4 is 4.74 Å². The van der Waals surface area contributed by atoms with E-state index in [0.717, 1.165) is 5.56 Å². The van der Waals surface area contributed by atoms with Gasteiger partial charge in [-0.2, -0.15) is 5.06 Å². The topological polar surface area (TPSA) is 68.2 Å². The van der Waals surface area contributed by atoms with Gasteiger partial charge in [0.25, 0.3) is 0 Å². The van der Waals surface area contributed by atoms with E-state index in [1.54, 1.807) is 12.2 Å². The first-order valence-electron chi connectivity index (χ1n) is 7.72. The standard InChI is InChI=1S/C17H20BrNO5/c1-10-8-11(18)13(12(9-10)22-2)14-15(20)17(24-16(14)21)4-6-19(23-3)7-5-17/h8-9,20H,4-7H2,1-3H3. The van der Waals surface area contributed by atoms with Crippen molar-refractivity contribution in [3.8, 4) is 5.75 Å². The van der Waals surface area contributed by atoms with E-state index in [2.05, 4.69) is 15.9 Å². The summed E-state index contributed by atoms with van der Waals surface area (Å²) < 4.78 is 11.7. The average Bonchev–Trinajstić information content (AvgIpc) is 2.79. The molecule has 0 bridgehead atoms. The maximum atomic E-state index is 12.6. The first kappa shape index (κ1) is 17.3. The maximum Gasteiger partial charge on any atom is 0.343 e. The van der Waals surface area contributed by atoms with Crippen molar-refractivity contribution >= 4 is 27.5 Å². The van der Waals surface area contributed by atoms with Crippen molar-refractivity contribution in [3.05, 3.63) is 33.5 Å². The van der Waals surface area contributed by atoms with Crippen molar-refractivity contribution in [2.75, 3.05) is 27.3 Å². The lowest BCUT2D eigenvalue weighted by Gasteiger charge is -2.36. The number of aliphatic hydroxyl groups is 1. The fraction of sp³-hybridized carbons (Fsp3) is 0.471. The molecule has 0 unspecified atom stereocenters. The van der Waals surface area contributed by atoms with Gasteiger partial charge >= 0.3 is 5.97 Å². The molecule has 1 fully saturated rings. The number of halogens is 1. The van der Waals surface area contributed by atoms with Crippen molar-refractivity contribution in [1.29, 1.82) is 0 Å². The number of hydrogen-bond acceptors (Lipinski definition) is 6.